The van der Waals surface area contributed by atoms with Crippen LogP contribution in [0.3, 0.4) is 0 Å². The molecule has 0 aliphatic carbocycles. The van der Waals surface area contributed by atoms with Crippen molar-refractivity contribution in [2.24, 2.45) is 16.8 Å². The molecule has 6 nitrogen and oxygen atoms in total. The van der Waals surface area contributed by atoms with Crippen molar-refractivity contribution in [1.82, 2.24) is 20.5 Å². The number of amidine groups is 1. The molecule has 236 valence electrons. The molecular formula is C41H42N6. The summed E-state index contributed by atoms with van der Waals surface area (Å²) >= 11 is 0. The number of fused-ring (bicyclic) bond motifs is 5. The number of aliphatic imine (C=N–C) groups is 1. The van der Waals surface area contributed by atoms with Gasteiger partial charge >= 0.3 is 0 Å². The fourth-order valence-electron chi connectivity index (χ4n) is 9.49. The van der Waals surface area contributed by atoms with E-state index in [9.17, 15) is 5.26 Å². The maximum absolute atomic E-state index is 10.4. The molecule has 0 saturated carbocycles. The average molecular weight is 619 g/mol. The van der Waals surface area contributed by atoms with Crippen LogP contribution in [0.5, 0.6) is 0 Å². The summed E-state index contributed by atoms with van der Waals surface area (Å²) in [5, 5.41) is 24.2. The van der Waals surface area contributed by atoms with Gasteiger partial charge in [0.05, 0.1) is 28.8 Å². The van der Waals surface area contributed by atoms with E-state index in [2.05, 4.69) is 112 Å². The Bertz CT molecular complexity index is 1980. The van der Waals surface area contributed by atoms with Crippen LogP contribution in [-0.4, -0.2) is 42.7 Å². The van der Waals surface area contributed by atoms with Crippen molar-refractivity contribution in [3.05, 3.63) is 102 Å². The number of aromatic nitrogens is 1. The fraction of sp³-hybridized carbons (Fsp3) is 0.366. The van der Waals surface area contributed by atoms with Crippen LogP contribution in [0.15, 0.2) is 89.9 Å². The van der Waals surface area contributed by atoms with Gasteiger partial charge in [0.1, 0.15) is 5.84 Å². The van der Waals surface area contributed by atoms with Crippen molar-refractivity contribution in [2.45, 2.75) is 56.5 Å². The highest BCUT2D eigenvalue weighted by atomic mass is 15.1. The number of rotatable bonds is 4. The van der Waals surface area contributed by atoms with Gasteiger partial charge in [-0.1, -0.05) is 48.5 Å². The molecule has 0 spiro atoms. The first-order chi connectivity index (χ1) is 23.3. The molecule has 0 radical (unpaired) electrons. The number of para-hydroxylation sites is 2. The highest BCUT2D eigenvalue weighted by molar-refractivity contribution is 6.09. The van der Waals surface area contributed by atoms with Crippen molar-refractivity contribution in [1.29, 1.82) is 5.26 Å². The summed E-state index contributed by atoms with van der Waals surface area (Å²) < 4.78 is 2.40. The topological polar surface area (TPSA) is 77.2 Å². The Labute approximate surface area is 276 Å². The molecule has 4 aliphatic rings. The Kier molecular flexibility index (Phi) is 7.33. The van der Waals surface area contributed by atoms with E-state index >= 15 is 0 Å². The van der Waals surface area contributed by atoms with Gasteiger partial charge in [-0.15, -0.1) is 0 Å². The van der Waals surface area contributed by atoms with E-state index in [0.717, 1.165) is 57.4 Å². The van der Waals surface area contributed by atoms with Gasteiger partial charge in [0.15, 0.2) is 0 Å². The SMILES string of the molecule is N#Cc1cc(C2CCNC3=NCCCC32)c(-c2ccc(-n3c4ccccc4c4ccccc43)cc2)c(C2CCNC3NCCCC32)c1. The molecule has 9 rings (SSSR count). The van der Waals surface area contributed by atoms with E-state index in [0.29, 0.717) is 29.8 Å². The van der Waals surface area contributed by atoms with E-state index in [4.69, 9.17) is 4.99 Å². The van der Waals surface area contributed by atoms with Crippen LogP contribution in [0.1, 0.15) is 67.1 Å². The van der Waals surface area contributed by atoms with E-state index in [1.54, 1.807) is 0 Å². The number of hydrogen-bond donors (Lipinski definition) is 3. The first kappa shape index (κ1) is 28.8. The molecule has 1 aromatic heterocycles. The molecule has 0 amide bonds. The Morgan fingerprint density at radius 3 is 2.17 bits per heavy atom. The zero-order valence-electron chi connectivity index (χ0n) is 26.9. The molecular weight excluding hydrogens is 576 g/mol. The molecule has 0 bridgehead atoms. The van der Waals surface area contributed by atoms with Gasteiger partial charge in [-0.05, 0) is 128 Å². The number of piperidine rings is 3. The summed E-state index contributed by atoms with van der Waals surface area (Å²) in [5.74, 6) is 2.81. The van der Waals surface area contributed by atoms with Crippen LogP contribution in [0.2, 0.25) is 0 Å². The Balaban J connectivity index is 1.23. The molecule has 5 atom stereocenters. The number of nitrogens with one attached hydrogen (secondary N) is 3. The highest BCUT2D eigenvalue weighted by Gasteiger charge is 2.39. The van der Waals surface area contributed by atoms with Gasteiger partial charge in [-0.3, -0.25) is 4.99 Å². The number of hydrogen-bond acceptors (Lipinski definition) is 5. The molecule has 5 heterocycles. The number of benzene rings is 4. The molecule has 4 aromatic carbocycles. The van der Waals surface area contributed by atoms with Crippen LogP contribution in [-0.2, 0) is 0 Å². The quantitative estimate of drug-likeness (QED) is 0.194. The lowest BCUT2D eigenvalue weighted by molar-refractivity contribution is 0.165. The number of nitrogens with zero attached hydrogens (tertiary/aromatic N) is 3. The minimum Gasteiger partial charge on any atom is -0.374 e. The third kappa shape index (κ3) is 4.87. The molecule has 3 saturated heterocycles. The first-order valence-corrected chi connectivity index (χ1v) is 17.7. The van der Waals surface area contributed by atoms with Crippen molar-refractivity contribution in [2.75, 3.05) is 26.2 Å². The standard InChI is InChI=1S/C41H42N6/c42-25-26-23-35(29-17-21-45-40-33(29)9-5-19-43-40)39(36(24-26)30-18-22-46-41-34(30)10-6-20-44-41)27-13-15-28(16-14-27)47-37-11-3-1-7-31(37)32-8-2-4-12-38(32)47/h1-4,7-8,11-16,23-24,29-30,33-34,40,43,45H,5-6,9-10,17-22H2,(H,44,46). The fourth-order valence-corrected chi connectivity index (χ4v) is 9.49. The van der Waals surface area contributed by atoms with Crippen LogP contribution < -0.4 is 16.0 Å². The van der Waals surface area contributed by atoms with Gasteiger partial charge in [0, 0.05) is 35.5 Å². The van der Waals surface area contributed by atoms with E-state index in [1.165, 1.54) is 68.4 Å². The van der Waals surface area contributed by atoms with Crippen molar-refractivity contribution in [3.63, 3.8) is 0 Å². The lowest BCUT2D eigenvalue weighted by Gasteiger charge is -2.44. The second kappa shape index (κ2) is 12.0. The minimum atomic E-state index is 0.332. The molecule has 47 heavy (non-hydrogen) atoms. The largest absolute Gasteiger partial charge is 0.374 e. The lowest BCUT2D eigenvalue weighted by atomic mass is 9.69. The Morgan fingerprint density at radius 1 is 0.702 bits per heavy atom. The molecule has 5 aromatic rings. The van der Waals surface area contributed by atoms with Crippen LogP contribution in [0.25, 0.3) is 38.6 Å². The second-order valence-electron chi connectivity index (χ2n) is 14.0. The second-order valence-corrected chi connectivity index (χ2v) is 14.0. The zero-order valence-corrected chi connectivity index (χ0v) is 26.9. The van der Waals surface area contributed by atoms with Crippen molar-refractivity contribution < 1.29 is 0 Å². The van der Waals surface area contributed by atoms with Crippen LogP contribution in [0.4, 0.5) is 0 Å². The summed E-state index contributed by atoms with van der Waals surface area (Å²) in [6.07, 6.45) is 7.17. The predicted octanol–water partition coefficient (Wildman–Crippen LogP) is 7.61. The summed E-state index contributed by atoms with van der Waals surface area (Å²) in [7, 11) is 0. The van der Waals surface area contributed by atoms with Crippen LogP contribution in [0, 0.1) is 23.2 Å². The van der Waals surface area contributed by atoms with Gasteiger partial charge in [-0.25, -0.2) is 0 Å². The molecule has 5 unspecified atom stereocenters. The molecule has 6 heteroatoms. The molecule has 4 aliphatic heterocycles. The minimum absolute atomic E-state index is 0.332. The maximum Gasteiger partial charge on any atom is 0.100 e. The van der Waals surface area contributed by atoms with Crippen LogP contribution >= 0.6 is 0 Å². The Morgan fingerprint density at radius 2 is 1.40 bits per heavy atom. The van der Waals surface area contributed by atoms with Crippen molar-refractivity contribution in [3.8, 4) is 22.9 Å². The smallest absolute Gasteiger partial charge is 0.100 e. The zero-order chi connectivity index (χ0) is 31.3. The lowest BCUT2D eigenvalue weighted by Crippen LogP contribution is -2.56. The number of nitriles is 1. The van der Waals surface area contributed by atoms with Gasteiger partial charge in [0.2, 0.25) is 0 Å². The summed E-state index contributed by atoms with van der Waals surface area (Å²) in [6, 6.07) is 33.8. The monoisotopic (exact) mass is 618 g/mol. The molecule has 3 N–H and O–H groups in total. The van der Waals surface area contributed by atoms with Gasteiger partial charge in [-0.2, -0.15) is 5.26 Å². The van der Waals surface area contributed by atoms with E-state index < -0.39 is 0 Å². The summed E-state index contributed by atoms with van der Waals surface area (Å²) in [6.45, 7) is 3.90. The summed E-state index contributed by atoms with van der Waals surface area (Å²) in [4.78, 5) is 4.95. The average Bonchev–Trinajstić information content (AvgIpc) is 3.48. The third-order valence-electron chi connectivity index (χ3n) is 11.5. The Hall–Kier alpha value is -4.44. The van der Waals surface area contributed by atoms with Gasteiger partial charge < -0.3 is 20.5 Å². The van der Waals surface area contributed by atoms with E-state index in [-0.39, 0.29) is 0 Å². The summed E-state index contributed by atoms with van der Waals surface area (Å²) in [5.41, 5.74) is 9.77. The normalized spacial score (nSPS) is 25.8. The first-order valence-electron chi connectivity index (χ1n) is 17.7. The van der Waals surface area contributed by atoms with Gasteiger partial charge in [0.25, 0.3) is 0 Å². The predicted molar refractivity (Wildman–Crippen MR) is 191 cm³/mol. The molecule has 3 fully saturated rings. The maximum atomic E-state index is 10.4. The van der Waals surface area contributed by atoms with Crippen molar-refractivity contribution >= 4 is 27.6 Å². The van der Waals surface area contributed by atoms with E-state index in [1.807, 2.05) is 0 Å². The third-order valence-corrected chi connectivity index (χ3v) is 11.5. The highest BCUT2D eigenvalue weighted by Crippen LogP contribution is 2.48.